The summed E-state index contributed by atoms with van der Waals surface area (Å²) in [7, 11) is 2.12. The first-order chi connectivity index (χ1) is 10.7. The van der Waals surface area contributed by atoms with E-state index in [4.69, 9.17) is 0 Å². The lowest BCUT2D eigenvalue weighted by molar-refractivity contribution is 0.313. The zero-order chi connectivity index (χ0) is 15.1. The van der Waals surface area contributed by atoms with Gasteiger partial charge in [0.2, 0.25) is 0 Å². The van der Waals surface area contributed by atoms with Gasteiger partial charge in [-0.15, -0.1) is 11.3 Å². The van der Waals surface area contributed by atoms with Crippen molar-refractivity contribution in [1.82, 2.24) is 4.90 Å². The van der Waals surface area contributed by atoms with Crippen molar-refractivity contribution in [3.63, 3.8) is 0 Å². The first-order valence-electron chi connectivity index (χ1n) is 7.35. The summed E-state index contributed by atoms with van der Waals surface area (Å²) >= 11 is 1.61. The van der Waals surface area contributed by atoms with Crippen molar-refractivity contribution in [3.8, 4) is 0 Å². The van der Waals surface area contributed by atoms with Crippen LogP contribution in [0.25, 0.3) is 0 Å². The molecule has 0 aliphatic carbocycles. The number of thiophene rings is 1. The molecule has 1 aromatic carbocycles. The molecule has 1 saturated heterocycles. The minimum atomic E-state index is -0.217. The van der Waals surface area contributed by atoms with Crippen molar-refractivity contribution >= 4 is 40.3 Å². The first kappa shape index (κ1) is 13.7. The van der Waals surface area contributed by atoms with E-state index in [1.807, 2.05) is 10.8 Å². The fourth-order valence-electron chi connectivity index (χ4n) is 2.91. The van der Waals surface area contributed by atoms with Gasteiger partial charge in [-0.1, -0.05) is 0 Å². The maximum atomic E-state index is 14.0. The van der Waals surface area contributed by atoms with Crippen LogP contribution < -0.4 is 10.2 Å². The summed E-state index contributed by atoms with van der Waals surface area (Å²) in [6.45, 7) is 3.79. The van der Waals surface area contributed by atoms with Crippen LogP contribution in [0.3, 0.4) is 0 Å². The number of fused-ring (bicyclic) bond motifs is 2. The number of halogens is 1. The van der Waals surface area contributed by atoms with E-state index in [0.29, 0.717) is 0 Å². The monoisotopic (exact) mass is 316 g/mol. The van der Waals surface area contributed by atoms with E-state index in [1.165, 1.54) is 0 Å². The molecule has 0 radical (unpaired) electrons. The molecule has 3 heterocycles. The summed E-state index contributed by atoms with van der Waals surface area (Å²) in [6.07, 6.45) is 1.75. The second-order valence-corrected chi connectivity index (χ2v) is 6.48. The van der Waals surface area contributed by atoms with Gasteiger partial charge in [0.15, 0.2) is 0 Å². The number of aliphatic imine (C=N–C) groups is 1. The molecular weight excluding hydrogens is 299 g/mol. The van der Waals surface area contributed by atoms with Crippen LogP contribution in [0.1, 0.15) is 5.56 Å². The number of nitrogens with zero attached hydrogens (tertiary/aromatic N) is 3. The Morgan fingerprint density at radius 3 is 2.82 bits per heavy atom. The molecule has 0 bridgehead atoms. The molecule has 0 spiro atoms. The molecule has 22 heavy (non-hydrogen) atoms. The van der Waals surface area contributed by atoms with E-state index in [2.05, 4.69) is 27.2 Å². The Morgan fingerprint density at radius 2 is 2.00 bits per heavy atom. The normalized spacial score (nSPS) is 17.6. The van der Waals surface area contributed by atoms with E-state index >= 15 is 0 Å². The van der Waals surface area contributed by atoms with Crippen LogP contribution >= 0.6 is 11.3 Å². The Labute approximate surface area is 132 Å². The number of nitrogens with one attached hydrogen (secondary N) is 1. The average molecular weight is 316 g/mol. The third-order valence-electron chi connectivity index (χ3n) is 4.20. The number of likely N-dealkylation sites (N-methyl/N-ethyl adjacent to an activating group) is 1. The van der Waals surface area contributed by atoms with Gasteiger partial charge < -0.3 is 15.1 Å². The molecule has 0 amide bonds. The van der Waals surface area contributed by atoms with Gasteiger partial charge in [0.1, 0.15) is 5.82 Å². The van der Waals surface area contributed by atoms with Gasteiger partial charge >= 0.3 is 0 Å². The summed E-state index contributed by atoms with van der Waals surface area (Å²) in [5, 5.41) is 7.49. The van der Waals surface area contributed by atoms with Crippen LogP contribution in [0.15, 0.2) is 27.9 Å². The molecule has 2 aromatic rings. The van der Waals surface area contributed by atoms with Crippen molar-refractivity contribution in [2.24, 2.45) is 4.99 Å². The predicted octanol–water partition coefficient (Wildman–Crippen LogP) is 3.45. The maximum Gasteiger partial charge on any atom is 0.126 e. The fraction of sp³-hybridized carbons (Fsp3) is 0.312. The number of rotatable bonds is 1. The Morgan fingerprint density at radius 1 is 1.18 bits per heavy atom. The topological polar surface area (TPSA) is 30.9 Å². The number of piperazine rings is 1. The van der Waals surface area contributed by atoms with Gasteiger partial charge in [-0.3, -0.25) is 4.99 Å². The lowest BCUT2D eigenvalue weighted by atomic mass is 10.1. The zero-order valence-corrected chi connectivity index (χ0v) is 13.2. The number of hydrogen-bond donors (Lipinski definition) is 1. The summed E-state index contributed by atoms with van der Waals surface area (Å²) in [4.78, 5) is 9.00. The smallest absolute Gasteiger partial charge is 0.126 e. The van der Waals surface area contributed by atoms with Crippen LogP contribution in [0, 0.1) is 5.82 Å². The molecule has 6 heteroatoms. The zero-order valence-electron chi connectivity index (χ0n) is 12.3. The Hall–Kier alpha value is -1.92. The van der Waals surface area contributed by atoms with Crippen LogP contribution in [-0.2, 0) is 0 Å². The second-order valence-electron chi connectivity index (χ2n) is 5.73. The summed E-state index contributed by atoms with van der Waals surface area (Å²) in [5.41, 5.74) is 4.57. The standard InChI is InChI=1S/C16H17FN4S/c1-20-2-4-21(5-3-20)15-7-12(17)6-11-8-18-13-9-22-10-14(13)19-16(11)15/h6-10,19H,2-5H2,1H3. The first-order valence-corrected chi connectivity index (χ1v) is 8.29. The van der Waals surface area contributed by atoms with Crippen molar-refractivity contribution in [3.05, 3.63) is 34.3 Å². The Balaban J connectivity index is 1.78. The highest BCUT2D eigenvalue weighted by Gasteiger charge is 2.22. The van der Waals surface area contributed by atoms with Gasteiger partial charge in [0, 0.05) is 48.7 Å². The van der Waals surface area contributed by atoms with Crippen LogP contribution in [0.4, 0.5) is 27.1 Å². The van der Waals surface area contributed by atoms with Gasteiger partial charge in [0.25, 0.3) is 0 Å². The van der Waals surface area contributed by atoms with Gasteiger partial charge in [-0.05, 0) is 19.2 Å². The lowest BCUT2D eigenvalue weighted by Crippen LogP contribution is -2.44. The van der Waals surface area contributed by atoms with E-state index < -0.39 is 0 Å². The molecule has 0 atom stereocenters. The fourth-order valence-corrected chi connectivity index (χ4v) is 3.61. The molecule has 4 rings (SSSR count). The van der Waals surface area contributed by atoms with Gasteiger partial charge in [0.05, 0.1) is 22.7 Å². The van der Waals surface area contributed by atoms with Crippen molar-refractivity contribution < 1.29 is 4.39 Å². The molecule has 1 N–H and O–H groups in total. The SMILES string of the molecule is CN1CCN(c2cc(F)cc3c2Nc2cscc2N=C3)CC1. The molecule has 2 aliphatic heterocycles. The highest BCUT2D eigenvalue weighted by molar-refractivity contribution is 7.08. The van der Waals surface area contributed by atoms with Crippen LogP contribution in [0.2, 0.25) is 0 Å². The molecule has 114 valence electrons. The van der Waals surface area contributed by atoms with E-state index in [0.717, 1.165) is 54.5 Å². The number of hydrogen-bond acceptors (Lipinski definition) is 5. The van der Waals surface area contributed by atoms with Crippen molar-refractivity contribution in [2.45, 2.75) is 0 Å². The average Bonchev–Trinajstić information content (AvgIpc) is 2.88. The highest BCUT2D eigenvalue weighted by atomic mass is 32.1. The predicted molar refractivity (Wildman–Crippen MR) is 91.0 cm³/mol. The van der Waals surface area contributed by atoms with Crippen LogP contribution in [0.5, 0.6) is 0 Å². The maximum absolute atomic E-state index is 14.0. The van der Waals surface area contributed by atoms with E-state index in [9.17, 15) is 4.39 Å². The second kappa shape index (κ2) is 5.37. The van der Waals surface area contributed by atoms with Gasteiger partial charge in [-0.2, -0.15) is 0 Å². The van der Waals surface area contributed by atoms with Crippen LogP contribution in [-0.4, -0.2) is 44.3 Å². The third kappa shape index (κ3) is 2.38. The molecular formula is C16H17FN4S. The number of anilines is 3. The molecule has 0 saturated carbocycles. The van der Waals surface area contributed by atoms with Crippen molar-refractivity contribution in [1.29, 1.82) is 0 Å². The summed E-state index contributed by atoms with van der Waals surface area (Å²) < 4.78 is 14.0. The minimum absolute atomic E-state index is 0.217. The molecule has 4 nitrogen and oxygen atoms in total. The highest BCUT2D eigenvalue weighted by Crippen LogP contribution is 2.40. The number of benzene rings is 1. The summed E-state index contributed by atoms with van der Waals surface area (Å²) in [5.74, 6) is -0.217. The third-order valence-corrected chi connectivity index (χ3v) is 4.93. The molecule has 2 aliphatic rings. The summed E-state index contributed by atoms with van der Waals surface area (Å²) in [6, 6.07) is 3.17. The molecule has 0 unspecified atom stereocenters. The van der Waals surface area contributed by atoms with E-state index in [1.54, 1.807) is 29.7 Å². The minimum Gasteiger partial charge on any atom is -0.367 e. The van der Waals surface area contributed by atoms with E-state index in [-0.39, 0.29) is 5.82 Å². The van der Waals surface area contributed by atoms with Crippen molar-refractivity contribution in [2.75, 3.05) is 43.4 Å². The lowest BCUT2D eigenvalue weighted by Gasteiger charge is -2.35. The Kier molecular flexibility index (Phi) is 3.35. The largest absolute Gasteiger partial charge is 0.367 e. The molecule has 1 aromatic heterocycles. The quantitative estimate of drug-likeness (QED) is 0.746. The molecule has 1 fully saturated rings. The Bertz CT molecular complexity index is 732. The van der Waals surface area contributed by atoms with Gasteiger partial charge in [-0.25, -0.2) is 4.39 Å².